The Kier molecular flexibility index (Phi) is 2.94. The fourth-order valence-electron chi connectivity index (χ4n) is 3.53. The first-order valence-electron chi connectivity index (χ1n) is 8.03. The minimum atomic E-state index is 0.791. The zero-order chi connectivity index (χ0) is 16.1. The number of rotatable bonds is 2. The summed E-state index contributed by atoms with van der Waals surface area (Å²) >= 11 is 6.81. The van der Waals surface area contributed by atoms with Gasteiger partial charge in [0.25, 0.3) is 0 Å². The van der Waals surface area contributed by atoms with Crippen LogP contribution in [0, 0.1) is 0 Å². The third-order valence-corrected chi connectivity index (χ3v) is 5.03. The Labute approximate surface area is 144 Å². The summed E-state index contributed by atoms with van der Waals surface area (Å²) in [5.41, 5.74) is 4.48. The van der Waals surface area contributed by atoms with E-state index in [4.69, 9.17) is 11.6 Å². The molecule has 0 aliphatic carbocycles. The van der Waals surface area contributed by atoms with Gasteiger partial charge in [-0.15, -0.1) is 0 Å². The van der Waals surface area contributed by atoms with Crippen molar-refractivity contribution in [2.75, 3.05) is 0 Å². The molecule has 2 aromatic heterocycles. The second kappa shape index (κ2) is 5.15. The quantitative estimate of drug-likeness (QED) is 0.411. The molecule has 5 rings (SSSR count). The Bertz CT molecular complexity index is 1180. The average molecular weight is 331 g/mol. The Morgan fingerprint density at radius 1 is 0.875 bits per heavy atom. The number of nitrogens with zero attached hydrogens (tertiary/aromatic N) is 1. The Morgan fingerprint density at radius 2 is 1.67 bits per heavy atom. The molecule has 5 aromatic rings. The van der Waals surface area contributed by atoms with Crippen molar-refractivity contribution in [2.45, 2.75) is 6.54 Å². The van der Waals surface area contributed by atoms with Crippen molar-refractivity contribution in [1.82, 2.24) is 9.55 Å². The van der Waals surface area contributed by atoms with Crippen LogP contribution in [0.4, 0.5) is 0 Å². The maximum atomic E-state index is 6.81. The highest BCUT2D eigenvalue weighted by atomic mass is 35.5. The number of nitrogens with one attached hydrogen (secondary N) is 1. The molecule has 0 aliphatic rings. The van der Waals surface area contributed by atoms with Gasteiger partial charge in [0.1, 0.15) is 0 Å². The number of aromatic amines is 1. The number of halogens is 1. The number of hydrogen-bond donors (Lipinski definition) is 1. The monoisotopic (exact) mass is 330 g/mol. The summed E-state index contributed by atoms with van der Waals surface area (Å²) < 4.78 is 2.22. The molecule has 2 heterocycles. The van der Waals surface area contributed by atoms with Gasteiger partial charge in [-0.1, -0.05) is 60.1 Å². The molecule has 116 valence electrons. The zero-order valence-electron chi connectivity index (χ0n) is 13.0. The number of hydrogen-bond acceptors (Lipinski definition) is 0. The van der Waals surface area contributed by atoms with Gasteiger partial charge < -0.3 is 9.55 Å². The van der Waals surface area contributed by atoms with Crippen molar-refractivity contribution in [2.24, 2.45) is 0 Å². The van der Waals surface area contributed by atoms with Gasteiger partial charge in [0.2, 0.25) is 0 Å². The maximum Gasteiger partial charge on any atom is 0.0890 e. The number of fused-ring (bicyclic) bond motifs is 4. The molecule has 2 nitrogen and oxygen atoms in total. The first-order valence-corrected chi connectivity index (χ1v) is 8.41. The predicted molar refractivity (Wildman–Crippen MR) is 102 cm³/mol. The van der Waals surface area contributed by atoms with Gasteiger partial charge in [-0.05, 0) is 23.8 Å². The lowest BCUT2D eigenvalue weighted by molar-refractivity contribution is 0.837. The van der Waals surface area contributed by atoms with Crippen molar-refractivity contribution >= 4 is 44.3 Å². The molecule has 0 aliphatic heterocycles. The van der Waals surface area contributed by atoms with E-state index in [1.807, 2.05) is 12.1 Å². The minimum Gasteiger partial charge on any atom is -0.353 e. The van der Waals surface area contributed by atoms with Gasteiger partial charge in [0.05, 0.1) is 16.1 Å². The summed E-state index contributed by atoms with van der Waals surface area (Å²) in [4.78, 5) is 3.47. The van der Waals surface area contributed by atoms with Gasteiger partial charge in [-0.3, -0.25) is 0 Å². The molecule has 24 heavy (non-hydrogen) atoms. The van der Waals surface area contributed by atoms with Crippen LogP contribution >= 0.6 is 11.6 Å². The maximum absolute atomic E-state index is 6.81. The molecule has 3 heteroatoms. The lowest BCUT2D eigenvalue weighted by atomic mass is 10.1. The fraction of sp³-hybridized carbons (Fsp3) is 0.0476. The molecular formula is C21H15ClN2. The van der Waals surface area contributed by atoms with Crippen molar-refractivity contribution < 1.29 is 0 Å². The van der Waals surface area contributed by atoms with Crippen LogP contribution in [0.2, 0.25) is 5.02 Å². The van der Waals surface area contributed by atoms with E-state index in [1.54, 1.807) is 0 Å². The largest absolute Gasteiger partial charge is 0.353 e. The highest BCUT2D eigenvalue weighted by molar-refractivity contribution is 6.41. The highest BCUT2D eigenvalue weighted by Crippen LogP contribution is 2.36. The summed E-state index contributed by atoms with van der Waals surface area (Å²) in [6.07, 6.45) is 2.12. The molecule has 3 aromatic carbocycles. The molecule has 0 fully saturated rings. The predicted octanol–water partition coefficient (Wildman–Crippen LogP) is 5.98. The van der Waals surface area contributed by atoms with Crippen molar-refractivity contribution in [3.8, 4) is 0 Å². The van der Waals surface area contributed by atoms with Crippen molar-refractivity contribution in [3.05, 3.63) is 83.5 Å². The van der Waals surface area contributed by atoms with E-state index in [0.29, 0.717) is 0 Å². The third-order valence-electron chi connectivity index (χ3n) is 4.66. The van der Waals surface area contributed by atoms with Crippen LogP contribution in [0.15, 0.2) is 72.9 Å². The summed E-state index contributed by atoms with van der Waals surface area (Å²) in [5, 5.41) is 4.36. The van der Waals surface area contributed by atoms with Crippen LogP contribution < -0.4 is 0 Å². The second-order valence-electron chi connectivity index (χ2n) is 6.15. The SMILES string of the molecule is Clc1c2[nH]c3ccccc3c2cc2ccn(Cc3ccccc3)c12. The molecule has 0 unspecified atom stereocenters. The highest BCUT2D eigenvalue weighted by Gasteiger charge is 2.14. The van der Waals surface area contributed by atoms with E-state index in [-0.39, 0.29) is 0 Å². The first-order chi connectivity index (χ1) is 11.8. The number of aromatic nitrogens is 2. The molecule has 1 N–H and O–H groups in total. The van der Waals surface area contributed by atoms with E-state index in [1.165, 1.54) is 21.7 Å². The standard InChI is InChI=1S/C21H15ClN2/c22-19-20-17(16-8-4-5-9-18(16)23-20)12-15-10-11-24(21(15)19)13-14-6-2-1-3-7-14/h1-12,23H,13H2. The lowest BCUT2D eigenvalue weighted by Gasteiger charge is -2.08. The van der Waals surface area contributed by atoms with Crippen LogP contribution in [0.3, 0.4) is 0 Å². The molecule has 0 bridgehead atoms. The molecule has 0 radical (unpaired) electrons. The van der Waals surface area contributed by atoms with E-state index >= 15 is 0 Å². The molecule has 0 amide bonds. The molecule has 0 saturated carbocycles. The molecule has 0 saturated heterocycles. The van der Waals surface area contributed by atoms with Crippen LogP contribution in [-0.4, -0.2) is 9.55 Å². The van der Waals surface area contributed by atoms with Gasteiger partial charge in [0, 0.05) is 34.4 Å². The van der Waals surface area contributed by atoms with Crippen molar-refractivity contribution in [3.63, 3.8) is 0 Å². The zero-order valence-corrected chi connectivity index (χ0v) is 13.7. The van der Waals surface area contributed by atoms with Gasteiger partial charge in [-0.2, -0.15) is 0 Å². The van der Waals surface area contributed by atoms with Crippen molar-refractivity contribution in [1.29, 1.82) is 0 Å². The smallest absolute Gasteiger partial charge is 0.0890 e. The van der Waals surface area contributed by atoms with E-state index < -0.39 is 0 Å². The average Bonchev–Trinajstić information content (AvgIpc) is 3.19. The van der Waals surface area contributed by atoms with Gasteiger partial charge >= 0.3 is 0 Å². The molecule has 0 spiro atoms. The lowest BCUT2D eigenvalue weighted by Crippen LogP contribution is -1.98. The van der Waals surface area contributed by atoms with Crippen LogP contribution in [-0.2, 0) is 6.54 Å². The van der Waals surface area contributed by atoms with Crippen LogP contribution in [0.5, 0.6) is 0 Å². The summed E-state index contributed by atoms with van der Waals surface area (Å²) in [6.45, 7) is 0.815. The summed E-state index contributed by atoms with van der Waals surface area (Å²) in [6, 6.07) is 23.2. The van der Waals surface area contributed by atoms with E-state index in [0.717, 1.165) is 28.1 Å². The summed E-state index contributed by atoms with van der Waals surface area (Å²) in [7, 11) is 0. The Morgan fingerprint density at radius 3 is 2.54 bits per heavy atom. The van der Waals surface area contributed by atoms with E-state index in [2.05, 4.69) is 70.3 Å². The van der Waals surface area contributed by atoms with E-state index in [9.17, 15) is 0 Å². The number of benzene rings is 3. The topological polar surface area (TPSA) is 20.7 Å². The minimum absolute atomic E-state index is 0.791. The first kappa shape index (κ1) is 13.7. The fourth-order valence-corrected chi connectivity index (χ4v) is 3.90. The molecule has 0 atom stereocenters. The normalized spacial score (nSPS) is 11.7. The van der Waals surface area contributed by atoms with Crippen LogP contribution in [0.25, 0.3) is 32.7 Å². The Hall–Kier alpha value is -2.71. The van der Waals surface area contributed by atoms with Gasteiger partial charge in [-0.25, -0.2) is 0 Å². The third kappa shape index (κ3) is 1.97. The number of H-pyrrole nitrogens is 1. The number of para-hydroxylation sites is 1. The summed E-state index contributed by atoms with van der Waals surface area (Å²) in [5.74, 6) is 0. The Balaban J connectivity index is 1.78. The second-order valence-corrected chi connectivity index (χ2v) is 6.53. The van der Waals surface area contributed by atoms with Gasteiger partial charge in [0.15, 0.2) is 0 Å². The van der Waals surface area contributed by atoms with Crippen LogP contribution in [0.1, 0.15) is 5.56 Å². The molecular weight excluding hydrogens is 316 g/mol.